The lowest BCUT2D eigenvalue weighted by molar-refractivity contribution is -0.294. The first-order valence-corrected chi connectivity index (χ1v) is 4.23. The molecule has 98 valence electrons. The van der Waals surface area contributed by atoms with Crippen LogP contribution in [0, 0.1) is 5.92 Å². The number of hydrazone groups is 1. The molecule has 0 aromatic heterocycles. The average Bonchev–Trinajstić information content (AvgIpc) is 2.57. The molecule has 0 spiro atoms. The van der Waals surface area contributed by atoms with Crippen LogP contribution in [-0.2, 0) is 9.74 Å². The summed E-state index contributed by atoms with van der Waals surface area (Å²) in [5.41, 5.74) is 0.609. The lowest BCUT2D eigenvalue weighted by atomic mass is 9.93. The predicted octanol–water partition coefficient (Wildman–Crippen LogP) is 1.58. The third kappa shape index (κ3) is 2.15. The van der Waals surface area contributed by atoms with E-state index in [0.29, 0.717) is 0 Å². The second kappa shape index (κ2) is 4.08. The first kappa shape index (κ1) is 13.6. The van der Waals surface area contributed by atoms with E-state index in [0.717, 1.165) is 6.92 Å². The molecule has 17 heavy (non-hydrogen) atoms. The molecule has 0 aromatic carbocycles. The van der Waals surface area contributed by atoms with Crippen LogP contribution in [0.1, 0.15) is 6.92 Å². The zero-order valence-electron chi connectivity index (χ0n) is 8.19. The Bertz CT molecular complexity index is 353. The van der Waals surface area contributed by atoms with Crippen LogP contribution in [0.4, 0.5) is 26.5 Å². The molecule has 1 heterocycles. The molecule has 0 fully saturated rings. The lowest BCUT2D eigenvalue weighted by Crippen LogP contribution is -2.54. The largest absolute Gasteiger partial charge is 0.455 e. The van der Waals surface area contributed by atoms with Gasteiger partial charge in [-0.25, -0.2) is 9.74 Å². The zero-order chi connectivity index (χ0) is 13.4. The fourth-order valence-electron chi connectivity index (χ4n) is 1.35. The molecule has 0 radical (unpaired) electrons. The van der Waals surface area contributed by atoms with E-state index in [1.54, 1.807) is 0 Å². The summed E-state index contributed by atoms with van der Waals surface area (Å²) < 4.78 is 73.5. The molecule has 0 aliphatic carbocycles. The summed E-state index contributed by atoms with van der Waals surface area (Å²) in [7, 11) is 0. The van der Waals surface area contributed by atoms with Crippen molar-refractivity contribution in [3.8, 4) is 0 Å². The minimum absolute atomic E-state index is 0.860. The number of halogens is 6. The summed E-state index contributed by atoms with van der Waals surface area (Å²) in [5, 5.41) is 2.92. The van der Waals surface area contributed by atoms with Crippen LogP contribution < -0.4 is 5.43 Å². The first-order chi connectivity index (χ1) is 7.63. The Morgan fingerprint density at radius 3 is 2.29 bits per heavy atom. The van der Waals surface area contributed by atoms with Crippen molar-refractivity contribution >= 4 is 11.7 Å². The maximum absolute atomic E-state index is 12.9. The highest BCUT2D eigenvalue weighted by Gasteiger charge is 2.65. The Balaban J connectivity index is 2.91. The van der Waals surface area contributed by atoms with Gasteiger partial charge in [-0.05, 0) is 0 Å². The topological polar surface area (TPSA) is 50.7 Å². The van der Waals surface area contributed by atoms with Crippen molar-refractivity contribution in [2.24, 2.45) is 11.0 Å². The number of nitrogens with one attached hydrogen (secondary N) is 1. The average molecular weight is 264 g/mol. The van der Waals surface area contributed by atoms with Crippen LogP contribution >= 0.6 is 0 Å². The summed E-state index contributed by atoms with van der Waals surface area (Å²) in [6.07, 6.45) is -5.80. The van der Waals surface area contributed by atoms with Gasteiger partial charge in [-0.2, -0.15) is 27.1 Å². The van der Waals surface area contributed by atoms with E-state index in [1.165, 1.54) is 5.43 Å². The third-order valence-corrected chi connectivity index (χ3v) is 2.30. The van der Waals surface area contributed by atoms with E-state index in [4.69, 9.17) is 0 Å². The van der Waals surface area contributed by atoms with Gasteiger partial charge in [-0.1, -0.05) is 6.92 Å². The number of hydrogen-bond acceptors (Lipinski definition) is 4. The Kier molecular flexibility index (Phi) is 3.26. The quantitative estimate of drug-likeness (QED) is 0.770. The number of alkyl halides is 5. The minimum atomic E-state index is -5.80. The van der Waals surface area contributed by atoms with Crippen LogP contribution in [0.3, 0.4) is 0 Å². The van der Waals surface area contributed by atoms with Crippen LogP contribution in [0.25, 0.3) is 0 Å². The van der Waals surface area contributed by atoms with Crippen LogP contribution in [0.2, 0.25) is 0 Å². The summed E-state index contributed by atoms with van der Waals surface area (Å²) >= 11 is 0. The van der Waals surface area contributed by atoms with Gasteiger partial charge >= 0.3 is 18.1 Å². The minimum Gasteiger partial charge on any atom is -0.299 e. The summed E-state index contributed by atoms with van der Waals surface area (Å²) in [4.78, 5) is 13.4. The van der Waals surface area contributed by atoms with Crippen molar-refractivity contribution in [3.05, 3.63) is 0 Å². The van der Waals surface area contributed by atoms with Crippen LogP contribution in [0.5, 0.6) is 0 Å². The van der Waals surface area contributed by atoms with Gasteiger partial charge in [-0.15, -0.1) is 0 Å². The number of rotatable bonds is 2. The van der Waals surface area contributed by atoms with E-state index in [2.05, 4.69) is 10.0 Å². The van der Waals surface area contributed by atoms with E-state index >= 15 is 0 Å². The molecule has 4 nitrogen and oxygen atoms in total. The molecular formula is C7H6F6N2O2. The third-order valence-electron chi connectivity index (χ3n) is 2.30. The highest BCUT2D eigenvalue weighted by molar-refractivity contribution is 6.37. The Labute approximate surface area is 90.5 Å². The molecule has 0 saturated heterocycles. The highest BCUT2D eigenvalue weighted by Crippen LogP contribution is 2.41. The van der Waals surface area contributed by atoms with Gasteiger partial charge in [0.25, 0.3) is 0 Å². The Morgan fingerprint density at radius 2 is 1.88 bits per heavy atom. The van der Waals surface area contributed by atoms with Crippen molar-refractivity contribution in [2.75, 3.05) is 0 Å². The van der Waals surface area contributed by atoms with Gasteiger partial charge < -0.3 is 0 Å². The molecule has 10 heteroatoms. The highest BCUT2D eigenvalue weighted by atomic mass is 19.4. The maximum atomic E-state index is 12.9. The summed E-state index contributed by atoms with van der Waals surface area (Å²) in [6.45, 7) is 0.875. The van der Waals surface area contributed by atoms with E-state index in [1.807, 2.05) is 0 Å². The van der Waals surface area contributed by atoms with Gasteiger partial charge in [-0.3, -0.25) is 5.43 Å². The van der Waals surface area contributed by atoms with Crippen molar-refractivity contribution in [2.45, 2.75) is 25.1 Å². The predicted molar refractivity (Wildman–Crippen MR) is 41.7 cm³/mol. The zero-order valence-corrected chi connectivity index (χ0v) is 8.19. The Hall–Kier alpha value is -1.48. The van der Waals surface area contributed by atoms with Crippen molar-refractivity contribution in [1.82, 2.24) is 5.43 Å². The maximum Gasteiger partial charge on any atom is 0.455 e. The first-order valence-electron chi connectivity index (χ1n) is 4.23. The monoisotopic (exact) mass is 264 g/mol. The summed E-state index contributed by atoms with van der Waals surface area (Å²) in [5.74, 6) is -8.45. The number of nitrogens with zero attached hydrogens (tertiary/aromatic N) is 1. The van der Waals surface area contributed by atoms with E-state index < -0.39 is 35.7 Å². The molecule has 0 aromatic rings. The SMILES string of the molecule is CC1C(C(=O)OF)=NNC1C(F)(F)C(F)(F)F. The molecule has 0 saturated carbocycles. The van der Waals surface area contributed by atoms with Crippen molar-refractivity contribution < 1.29 is 36.2 Å². The van der Waals surface area contributed by atoms with Gasteiger partial charge in [0.05, 0.1) is 0 Å². The molecular weight excluding hydrogens is 258 g/mol. The molecule has 0 bridgehead atoms. The molecule has 1 aliphatic heterocycles. The molecule has 2 atom stereocenters. The number of hydrogen-bond donors (Lipinski definition) is 1. The van der Waals surface area contributed by atoms with E-state index in [-0.39, 0.29) is 0 Å². The van der Waals surface area contributed by atoms with Gasteiger partial charge in [0, 0.05) is 10.4 Å². The van der Waals surface area contributed by atoms with Crippen LogP contribution in [-0.4, -0.2) is 29.8 Å². The Morgan fingerprint density at radius 1 is 1.35 bits per heavy atom. The van der Waals surface area contributed by atoms with Crippen molar-refractivity contribution in [3.63, 3.8) is 0 Å². The molecule has 1 rings (SSSR count). The normalized spacial score (nSPS) is 25.2. The second-order valence-electron chi connectivity index (χ2n) is 3.38. The van der Waals surface area contributed by atoms with E-state index in [9.17, 15) is 31.3 Å². The second-order valence-corrected chi connectivity index (χ2v) is 3.38. The van der Waals surface area contributed by atoms with Gasteiger partial charge in [0.1, 0.15) is 6.04 Å². The summed E-state index contributed by atoms with van der Waals surface area (Å²) in [6, 6.07) is -2.48. The molecule has 1 aliphatic rings. The number of carbonyl (C=O) groups excluding carboxylic acids is 1. The fraction of sp³-hybridized carbons (Fsp3) is 0.714. The smallest absolute Gasteiger partial charge is 0.299 e. The lowest BCUT2D eigenvalue weighted by Gasteiger charge is -2.27. The molecule has 1 N–H and O–H groups in total. The number of carbonyl (C=O) groups is 1. The van der Waals surface area contributed by atoms with Gasteiger partial charge in [0.15, 0.2) is 5.71 Å². The molecule has 2 unspecified atom stereocenters. The standard InChI is InChI=1S/C7H6F6N2O2/c1-2-3(5(16)17-13)14-15-4(2)6(8,9)7(10,11)12/h2,4,15H,1H3. The molecule has 0 amide bonds. The van der Waals surface area contributed by atoms with Crippen molar-refractivity contribution in [1.29, 1.82) is 0 Å². The fourth-order valence-corrected chi connectivity index (χ4v) is 1.35. The van der Waals surface area contributed by atoms with Crippen LogP contribution in [0.15, 0.2) is 5.10 Å². The van der Waals surface area contributed by atoms with Gasteiger partial charge in [0.2, 0.25) is 0 Å².